The molecule has 0 amide bonds. The lowest BCUT2D eigenvalue weighted by Crippen LogP contribution is -2.45. The third kappa shape index (κ3) is 3.46. The Labute approximate surface area is 136 Å². The van der Waals surface area contributed by atoms with E-state index in [1.54, 1.807) is 12.1 Å². The highest BCUT2D eigenvalue weighted by Crippen LogP contribution is 2.30. The van der Waals surface area contributed by atoms with Crippen molar-refractivity contribution in [3.8, 4) is 6.07 Å². The number of hydrogen-bond donors (Lipinski definition) is 2. The summed E-state index contributed by atoms with van der Waals surface area (Å²) in [5, 5.41) is 15.7. The number of piperidine rings is 1. The minimum atomic E-state index is -4.36. The average Bonchev–Trinajstić information content (AvgIpc) is 2.91. The Hall–Kier alpha value is -2.27. The van der Waals surface area contributed by atoms with Gasteiger partial charge in [0, 0.05) is 23.8 Å². The maximum Gasteiger partial charge on any atom is 0.406 e. The molecule has 1 fully saturated rings. The number of nitrogens with one attached hydrogen (secondary N) is 2. The highest BCUT2D eigenvalue weighted by atomic mass is 19.4. The molecule has 2 N–H and O–H groups in total. The van der Waals surface area contributed by atoms with Crippen molar-refractivity contribution in [2.45, 2.75) is 31.4 Å². The molecule has 3 rings (SSSR count). The zero-order valence-corrected chi connectivity index (χ0v) is 12.7. The van der Waals surface area contributed by atoms with E-state index in [0.717, 1.165) is 4.57 Å². The molecule has 0 spiro atoms. The molecule has 2 atom stereocenters. The van der Waals surface area contributed by atoms with Crippen LogP contribution in [0.25, 0.3) is 10.9 Å². The monoisotopic (exact) mass is 340 g/mol. The van der Waals surface area contributed by atoms with Crippen molar-refractivity contribution in [1.82, 2.24) is 9.88 Å². The summed E-state index contributed by atoms with van der Waals surface area (Å²) in [7, 11) is 0. The quantitative estimate of drug-likeness (QED) is 0.844. The normalized spacial score (nSPS) is 21.6. The predicted molar refractivity (Wildman–Crippen MR) is 82.5 cm³/mol. The summed E-state index contributed by atoms with van der Waals surface area (Å²) in [5.41, 5.74) is 1.02. The third-order valence-electron chi connectivity index (χ3n) is 4.12. The molecule has 8 heteroatoms. The molecule has 2 heterocycles. The van der Waals surface area contributed by atoms with Crippen LogP contribution in [0.15, 0.2) is 24.4 Å². The molecule has 4 nitrogen and oxygen atoms in total. The fourth-order valence-corrected chi connectivity index (χ4v) is 2.99. The summed E-state index contributed by atoms with van der Waals surface area (Å²) in [5.74, 6) is 0. The van der Waals surface area contributed by atoms with E-state index in [1.807, 2.05) is 6.07 Å². The van der Waals surface area contributed by atoms with Crippen LogP contribution in [0.3, 0.4) is 0 Å². The number of hydrogen-bond acceptors (Lipinski definition) is 3. The number of rotatable bonds is 3. The SMILES string of the molecule is N#Cc1cc(NC2CCNCC2F)c2ccn(CC(F)(F)F)c2c1. The number of halogens is 4. The summed E-state index contributed by atoms with van der Waals surface area (Å²) in [6, 6.07) is 6.03. The van der Waals surface area contributed by atoms with Crippen LogP contribution in [0.5, 0.6) is 0 Å². The highest BCUT2D eigenvalue weighted by Gasteiger charge is 2.29. The Morgan fingerprint density at radius 2 is 2.17 bits per heavy atom. The van der Waals surface area contributed by atoms with Gasteiger partial charge < -0.3 is 15.2 Å². The molecule has 0 saturated carbocycles. The molecule has 1 aliphatic heterocycles. The van der Waals surface area contributed by atoms with E-state index in [1.165, 1.54) is 12.3 Å². The van der Waals surface area contributed by atoms with Crippen molar-refractivity contribution in [2.75, 3.05) is 18.4 Å². The summed E-state index contributed by atoms with van der Waals surface area (Å²) in [4.78, 5) is 0. The number of nitriles is 1. The Kier molecular flexibility index (Phi) is 4.37. The van der Waals surface area contributed by atoms with Crippen molar-refractivity contribution in [3.05, 3.63) is 30.0 Å². The summed E-state index contributed by atoms with van der Waals surface area (Å²) in [6.07, 6.45) is -3.57. The van der Waals surface area contributed by atoms with E-state index in [9.17, 15) is 17.6 Å². The maximum absolute atomic E-state index is 14.0. The van der Waals surface area contributed by atoms with E-state index >= 15 is 0 Å². The number of benzene rings is 1. The van der Waals surface area contributed by atoms with Gasteiger partial charge in [-0.2, -0.15) is 18.4 Å². The smallest absolute Gasteiger partial charge is 0.379 e. The minimum absolute atomic E-state index is 0.230. The first kappa shape index (κ1) is 16.6. The molecule has 2 unspecified atom stereocenters. The third-order valence-corrected chi connectivity index (χ3v) is 4.12. The van der Waals surface area contributed by atoms with Crippen molar-refractivity contribution in [2.24, 2.45) is 0 Å². The number of fused-ring (bicyclic) bond motifs is 1. The zero-order valence-electron chi connectivity index (χ0n) is 12.7. The second-order valence-electron chi connectivity index (χ2n) is 5.89. The molecule has 1 aliphatic rings. The van der Waals surface area contributed by atoms with Crippen LogP contribution < -0.4 is 10.6 Å². The number of anilines is 1. The summed E-state index contributed by atoms with van der Waals surface area (Å²) in [6.45, 7) is -0.244. The highest BCUT2D eigenvalue weighted by molar-refractivity contribution is 5.94. The molecule has 24 heavy (non-hydrogen) atoms. The van der Waals surface area contributed by atoms with Crippen LogP contribution in [0.4, 0.5) is 23.2 Å². The van der Waals surface area contributed by atoms with E-state index < -0.39 is 24.9 Å². The Morgan fingerprint density at radius 3 is 2.83 bits per heavy atom. The largest absolute Gasteiger partial charge is 0.406 e. The van der Waals surface area contributed by atoms with Gasteiger partial charge in [-0.25, -0.2) is 4.39 Å². The average molecular weight is 340 g/mol. The lowest BCUT2D eigenvalue weighted by Gasteiger charge is -2.28. The standard InChI is InChI=1S/C16H16F4N4/c17-12-8-22-3-1-13(12)23-14-5-10(7-21)6-15-11(14)2-4-24(15)9-16(18,19)20/h2,4-6,12-13,22-23H,1,3,8-9H2. The van der Waals surface area contributed by atoms with Gasteiger partial charge in [0.2, 0.25) is 0 Å². The topological polar surface area (TPSA) is 52.8 Å². The molecule has 0 bridgehead atoms. The first-order chi connectivity index (χ1) is 11.4. The molecule has 2 aromatic rings. The molecular formula is C16H16F4N4. The second kappa shape index (κ2) is 6.32. The van der Waals surface area contributed by atoms with Gasteiger partial charge in [0.1, 0.15) is 12.7 Å². The molecular weight excluding hydrogens is 324 g/mol. The minimum Gasteiger partial charge on any atom is -0.379 e. The van der Waals surface area contributed by atoms with Crippen LogP contribution in [-0.2, 0) is 6.54 Å². The number of nitrogens with zero attached hydrogens (tertiary/aromatic N) is 2. The molecule has 0 aliphatic carbocycles. The van der Waals surface area contributed by atoms with Gasteiger partial charge in [0.15, 0.2) is 0 Å². The first-order valence-corrected chi connectivity index (χ1v) is 7.58. The zero-order chi connectivity index (χ0) is 17.3. The van der Waals surface area contributed by atoms with E-state index in [2.05, 4.69) is 10.6 Å². The first-order valence-electron chi connectivity index (χ1n) is 7.58. The van der Waals surface area contributed by atoms with Crippen molar-refractivity contribution in [1.29, 1.82) is 5.26 Å². The predicted octanol–water partition coefficient (Wildman–Crippen LogP) is 3.19. The van der Waals surface area contributed by atoms with E-state index in [4.69, 9.17) is 5.26 Å². The fraction of sp³-hybridized carbons (Fsp3) is 0.438. The van der Waals surface area contributed by atoms with Gasteiger partial charge in [0.25, 0.3) is 0 Å². The van der Waals surface area contributed by atoms with E-state index in [-0.39, 0.29) is 12.1 Å². The molecule has 1 aromatic carbocycles. The second-order valence-corrected chi connectivity index (χ2v) is 5.89. The summed E-state index contributed by atoms with van der Waals surface area (Å²) >= 11 is 0. The van der Waals surface area contributed by atoms with Crippen molar-refractivity contribution < 1.29 is 17.6 Å². The van der Waals surface area contributed by atoms with Gasteiger partial charge in [-0.1, -0.05) is 0 Å². The molecule has 0 radical (unpaired) electrons. The fourth-order valence-electron chi connectivity index (χ4n) is 2.99. The van der Waals surface area contributed by atoms with Crippen LogP contribution in [-0.4, -0.2) is 36.0 Å². The van der Waals surface area contributed by atoms with Gasteiger partial charge in [0.05, 0.1) is 23.2 Å². The van der Waals surface area contributed by atoms with Crippen LogP contribution >= 0.6 is 0 Å². The summed E-state index contributed by atoms with van der Waals surface area (Å²) < 4.78 is 53.1. The Balaban J connectivity index is 1.99. The van der Waals surface area contributed by atoms with Gasteiger partial charge in [-0.3, -0.25) is 0 Å². The number of alkyl halides is 4. The molecule has 128 valence electrons. The van der Waals surface area contributed by atoms with Crippen LogP contribution in [0.1, 0.15) is 12.0 Å². The van der Waals surface area contributed by atoms with E-state index in [0.29, 0.717) is 29.6 Å². The number of aromatic nitrogens is 1. The van der Waals surface area contributed by atoms with Gasteiger partial charge in [-0.05, 0) is 31.2 Å². The Morgan fingerprint density at radius 1 is 1.38 bits per heavy atom. The lowest BCUT2D eigenvalue weighted by atomic mass is 10.0. The van der Waals surface area contributed by atoms with Crippen molar-refractivity contribution >= 4 is 16.6 Å². The van der Waals surface area contributed by atoms with Crippen LogP contribution in [0, 0.1) is 11.3 Å². The molecule has 1 aromatic heterocycles. The van der Waals surface area contributed by atoms with Crippen molar-refractivity contribution in [3.63, 3.8) is 0 Å². The Bertz CT molecular complexity index is 775. The van der Waals surface area contributed by atoms with Gasteiger partial charge >= 0.3 is 6.18 Å². The maximum atomic E-state index is 14.0. The van der Waals surface area contributed by atoms with Gasteiger partial charge in [-0.15, -0.1) is 0 Å². The van der Waals surface area contributed by atoms with Crippen LogP contribution in [0.2, 0.25) is 0 Å². The lowest BCUT2D eigenvalue weighted by molar-refractivity contribution is -0.139. The molecule has 1 saturated heterocycles.